The van der Waals surface area contributed by atoms with Crippen molar-refractivity contribution >= 4 is 33.2 Å². The Bertz CT molecular complexity index is 835. The molecule has 0 aliphatic heterocycles. The van der Waals surface area contributed by atoms with Crippen LogP contribution >= 0.6 is 23.2 Å². The summed E-state index contributed by atoms with van der Waals surface area (Å²) in [6.45, 7) is 2.29. The Morgan fingerprint density at radius 1 is 1.30 bits per heavy atom. The largest absolute Gasteiger partial charge is 0.464 e. The van der Waals surface area contributed by atoms with E-state index in [1.807, 2.05) is 12.1 Å². The number of pyridine rings is 1. The topological polar surface area (TPSA) is 63.4 Å². The molecule has 3 rings (SSSR count). The van der Waals surface area contributed by atoms with Crippen LogP contribution in [0, 0.1) is 5.92 Å². The minimum Gasteiger partial charge on any atom is -0.464 e. The second kappa shape index (κ2) is 6.09. The molecule has 8 heteroatoms. The average Bonchev–Trinajstić information content (AvgIpc) is 3.01. The van der Waals surface area contributed by atoms with E-state index in [1.54, 1.807) is 0 Å². The van der Waals surface area contributed by atoms with Crippen molar-refractivity contribution in [3.63, 3.8) is 0 Å². The number of halogens is 2. The molecule has 2 unspecified atom stereocenters. The molecule has 0 spiro atoms. The summed E-state index contributed by atoms with van der Waals surface area (Å²) < 4.78 is 32.1. The van der Waals surface area contributed by atoms with Gasteiger partial charge in [0.25, 0.3) is 0 Å². The van der Waals surface area contributed by atoms with Crippen LogP contribution in [0.1, 0.15) is 30.8 Å². The molecule has 2 aromatic rings. The monoisotopic (exact) mass is 374 g/mol. The maximum atomic E-state index is 12.6. The summed E-state index contributed by atoms with van der Waals surface area (Å²) in [5.74, 6) is 2.61. The Kier molecular flexibility index (Phi) is 4.44. The van der Waals surface area contributed by atoms with Gasteiger partial charge in [-0.3, -0.25) is 0 Å². The number of nitrogens with zero attached hydrogens (tertiary/aromatic N) is 2. The van der Waals surface area contributed by atoms with Gasteiger partial charge in [-0.1, -0.05) is 30.1 Å². The van der Waals surface area contributed by atoms with E-state index in [4.69, 9.17) is 27.6 Å². The highest BCUT2D eigenvalue weighted by Gasteiger charge is 2.36. The molecule has 1 aliphatic carbocycles. The smallest absolute Gasteiger partial charge is 0.246 e. The average molecular weight is 375 g/mol. The highest BCUT2D eigenvalue weighted by Crippen LogP contribution is 2.47. The zero-order valence-corrected chi connectivity index (χ0v) is 15.0. The van der Waals surface area contributed by atoms with E-state index >= 15 is 0 Å². The molecule has 1 aliphatic rings. The van der Waals surface area contributed by atoms with Gasteiger partial charge in [0, 0.05) is 13.0 Å². The van der Waals surface area contributed by atoms with Crippen molar-refractivity contribution in [3.8, 4) is 0 Å². The number of rotatable bonds is 5. The molecule has 0 aromatic carbocycles. The van der Waals surface area contributed by atoms with E-state index in [-0.39, 0.29) is 21.7 Å². The Hall–Kier alpha value is -1.08. The van der Waals surface area contributed by atoms with Gasteiger partial charge in [0.05, 0.1) is 6.54 Å². The molecule has 0 saturated heterocycles. The van der Waals surface area contributed by atoms with Gasteiger partial charge in [0.15, 0.2) is 5.15 Å². The first-order valence-corrected chi connectivity index (χ1v) is 9.35. The van der Waals surface area contributed by atoms with Crippen LogP contribution in [0.15, 0.2) is 33.6 Å². The minimum atomic E-state index is -3.77. The van der Waals surface area contributed by atoms with Crippen LogP contribution in [-0.2, 0) is 16.6 Å². The Morgan fingerprint density at radius 2 is 2.00 bits per heavy atom. The predicted molar refractivity (Wildman–Crippen MR) is 88.1 cm³/mol. The van der Waals surface area contributed by atoms with Gasteiger partial charge in [-0.05, 0) is 36.6 Å². The van der Waals surface area contributed by atoms with Crippen molar-refractivity contribution in [2.75, 3.05) is 7.05 Å². The van der Waals surface area contributed by atoms with E-state index in [2.05, 4.69) is 11.9 Å². The predicted octanol–water partition coefficient (Wildman–Crippen LogP) is 3.93. The third-order valence-corrected chi connectivity index (χ3v) is 6.45. The summed E-state index contributed by atoms with van der Waals surface area (Å²) in [5.41, 5.74) is 0. The highest BCUT2D eigenvalue weighted by atomic mass is 35.5. The lowest BCUT2D eigenvalue weighted by atomic mass is 10.3. The number of hydrogen-bond donors (Lipinski definition) is 0. The Balaban J connectivity index is 1.78. The lowest BCUT2D eigenvalue weighted by Crippen LogP contribution is -2.26. The van der Waals surface area contributed by atoms with Gasteiger partial charge in [0.2, 0.25) is 10.0 Å². The number of sulfonamides is 1. The fourth-order valence-corrected chi connectivity index (χ4v) is 4.23. The van der Waals surface area contributed by atoms with E-state index in [0.29, 0.717) is 17.6 Å². The van der Waals surface area contributed by atoms with Crippen molar-refractivity contribution in [2.24, 2.45) is 5.92 Å². The molecule has 2 aromatic heterocycles. The summed E-state index contributed by atoms with van der Waals surface area (Å²) in [4.78, 5) is 3.70. The van der Waals surface area contributed by atoms with Crippen molar-refractivity contribution in [3.05, 3.63) is 46.1 Å². The molecule has 0 amide bonds. The molecule has 5 nitrogen and oxygen atoms in total. The Morgan fingerprint density at radius 3 is 2.61 bits per heavy atom. The molecule has 0 bridgehead atoms. The zero-order chi connectivity index (χ0) is 16.8. The molecule has 1 fully saturated rings. The lowest BCUT2D eigenvalue weighted by Gasteiger charge is -2.16. The maximum Gasteiger partial charge on any atom is 0.246 e. The van der Waals surface area contributed by atoms with Crippen LogP contribution in [0.5, 0.6) is 0 Å². The summed E-state index contributed by atoms with van der Waals surface area (Å²) in [5, 5.41) is 0.00196. The summed E-state index contributed by atoms with van der Waals surface area (Å²) in [6.07, 6.45) is 1.12. The standard InChI is InChI=1S/C15H16Cl2N2O3S/c1-9-7-11(9)12-4-3-10(22-12)8-19(2)23(20,21)13-5-6-14(16)18-15(13)17/h3-6,9,11H,7-8H2,1-2H3. The second-order valence-corrected chi connectivity index (χ2v) is 8.57. The summed E-state index contributed by atoms with van der Waals surface area (Å²) >= 11 is 11.6. The number of furan rings is 1. The summed E-state index contributed by atoms with van der Waals surface area (Å²) in [7, 11) is -2.30. The van der Waals surface area contributed by atoms with E-state index in [1.165, 1.54) is 23.5 Å². The van der Waals surface area contributed by atoms with Crippen LogP contribution in [0.3, 0.4) is 0 Å². The van der Waals surface area contributed by atoms with E-state index in [0.717, 1.165) is 12.2 Å². The normalized spacial score (nSPS) is 20.9. The van der Waals surface area contributed by atoms with E-state index < -0.39 is 10.0 Å². The fraction of sp³-hybridized carbons (Fsp3) is 0.400. The molecule has 1 saturated carbocycles. The second-order valence-electron chi connectivity index (χ2n) is 5.81. The van der Waals surface area contributed by atoms with Gasteiger partial charge < -0.3 is 4.42 Å². The van der Waals surface area contributed by atoms with Crippen LogP contribution < -0.4 is 0 Å². The van der Waals surface area contributed by atoms with Crippen LogP contribution in [0.2, 0.25) is 10.3 Å². The van der Waals surface area contributed by atoms with Gasteiger partial charge in [0.1, 0.15) is 21.6 Å². The summed E-state index contributed by atoms with van der Waals surface area (Å²) in [6, 6.07) is 6.48. The van der Waals surface area contributed by atoms with Gasteiger partial charge in [-0.15, -0.1) is 0 Å². The van der Waals surface area contributed by atoms with E-state index in [9.17, 15) is 8.42 Å². The molecule has 2 atom stereocenters. The maximum absolute atomic E-state index is 12.6. The van der Waals surface area contributed by atoms with Crippen LogP contribution in [0.25, 0.3) is 0 Å². The third kappa shape index (κ3) is 3.40. The van der Waals surface area contributed by atoms with Crippen LogP contribution in [0.4, 0.5) is 0 Å². The number of aromatic nitrogens is 1. The molecule has 0 radical (unpaired) electrons. The molecular formula is C15H16Cl2N2O3S. The van der Waals surface area contributed by atoms with Crippen molar-refractivity contribution in [2.45, 2.75) is 30.7 Å². The van der Waals surface area contributed by atoms with Gasteiger partial charge in [-0.25, -0.2) is 13.4 Å². The quantitative estimate of drug-likeness (QED) is 0.743. The molecule has 23 heavy (non-hydrogen) atoms. The van der Waals surface area contributed by atoms with Crippen molar-refractivity contribution in [1.82, 2.24) is 9.29 Å². The van der Waals surface area contributed by atoms with Crippen LogP contribution in [-0.4, -0.2) is 24.8 Å². The third-order valence-electron chi connectivity index (χ3n) is 4.00. The minimum absolute atomic E-state index is 0.0753. The first-order valence-electron chi connectivity index (χ1n) is 7.16. The highest BCUT2D eigenvalue weighted by molar-refractivity contribution is 7.89. The zero-order valence-electron chi connectivity index (χ0n) is 12.7. The number of hydrogen-bond acceptors (Lipinski definition) is 4. The van der Waals surface area contributed by atoms with Crippen molar-refractivity contribution in [1.29, 1.82) is 0 Å². The van der Waals surface area contributed by atoms with Gasteiger partial charge in [-0.2, -0.15) is 4.31 Å². The van der Waals surface area contributed by atoms with Crippen molar-refractivity contribution < 1.29 is 12.8 Å². The first-order chi connectivity index (χ1) is 10.8. The molecule has 0 N–H and O–H groups in total. The molecule has 2 heterocycles. The molecule has 124 valence electrons. The lowest BCUT2D eigenvalue weighted by molar-refractivity contribution is 0.389. The van der Waals surface area contributed by atoms with Gasteiger partial charge >= 0.3 is 0 Å². The SMILES string of the molecule is CC1CC1c1ccc(CN(C)S(=O)(=O)c2ccc(Cl)nc2Cl)o1. The molecular weight excluding hydrogens is 359 g/mol. The Labute approximate surface area is 145 Å². The first kappa shape index (κ1) is 16.8. The fourth-order valence-electron chi connectivity index (χ4n) is 2.46.